The number of thiazole rings is 1. The third-order valence-electron chi connectivity index (χ3n) is 2.54. The Morgan fingerprint density at radius 1 is 1.37 bits per heavy atom. The Labute approximate surface area is 116 Å². The normalized spacial score (nSPS) is 10.2. The number of carbonyl (C=O) groups is 1. The lowest BCUT2D eigenvalue weighted by atomic mass is 10.2. The molecule has 100 valence electrons. The molecule has 0 radical (unpaired) electrons. The summed E-state index contributed by atoms with van der Waals surface area (Å²) >= 11 is 1.39. The van der Waals surface area contributed by atoms with Crippen LogP contribution in [0.3, 0.4) is 0 Å². The van der Waals surface area contributed by atoms with E-state index in [9.17, 15) is 4.79 Å². The fraction of sp³-hybridized carbons (Fsp3) is 0.286. The molecule has 0 aliphatic heterocycles. The topological polar surface area (TPSA) is 51.2 Å². The van der Waals surface area contributed by atoms with Gasteiger partial charge in [0.25, 0.3) is 5.91 Å². The van der Waals surface area contributed by atoms with Gasteiger partial charge in [-0.05, 0) is 30.7 Å². The van der Waals surface area contributed by atoms with Crippen LogP contribution in [0.5, 0.6) is 5.75 Å². The first-order chi connectivity index (χ1) is 9.29. The number of benzene rings is 1. The van der Waals surface area contributed by atoms with Crippen molar-refractivity contribution in [1.29, 1.82) is 0 Å². The molecule has 19 heavy (non-hydrogen) atoms. The lowest BCUT2D eigenvalue weighted by molar-refractivity contribution is 0.102. The Kier molecular flexibility index (Phi) is 4.92. The van der Waals surface area contributed by atoms with E-state index in [1.807, 2.05) is 17.5 Å². The number of nitrogens with zero attached hydrogens (tertiary/aromatic N) is 1. The van der Waals surface area contributed by atoms with Crippen LogP contribution >= 0.6 is 11.3 Å². The summed E-state index contributed by atoms with van der Waals surface area (Å²) < 4.78 is 5.55. The molecule has 0 aliphatic rings. The number of hydrogen-bond acceptors (Lipinski definition) is 4. The van der Waals surface area contributed by atoms with Crippen LogP contribution in [0.1, 0.15) is 30.1 Å². The summed E-state index contributed by atoms with van der Waals surface area (Å²) in [5.74, 6) is 0.634. The average molecular weight is 276 g/mol. The monoisotopic (exact) mass is 276 g/mol. The number of aromatic nitrogens is 1. The summed E-state index contributed by atoms with van der Waals surface area (Å²) in [6, 6.07) is 7.13. The zero-order valence-electron chi connectivity index (χ0n) is 10.8. The maximum Gasteiger partial charge on any atom is 0.257 e. The van der Waals surface area contributed by atoms with Gasteiger partial charge in [-0.1, -0.05) is 13.3 Å². The number of rotatable bonds is 6. The first-order valence-corrected chi connectivity index (χ1v) is 7.11. The number of unbranched alkanes of at least 4 members (excludes halogenated alkanes) is 1. The van der Waals surface area contributed by atoms with E-state index in [4.69, 9.17) is 4.74 Å². The zero-order valence-corrected chi connectivity index (χ0v) is 11.6. The maximum atomic E-state index is 11.9. The summed E-state index contributed by atoms with van der Waals surface area (Å²) in [7, 11) is 0. The summed E-state index contributed by atoms with van der Waals surface area (Å²) in [4.78, 5) is 15.9. The molecule has 0 fully saturated rings. The van der Waals surface area contributed by atoms with Crippen LogP contribution in [0, 0.1) is 0 Å². The molecule has 1 aromatic carbocycles. The smallest absolute Gasteiger partial charge is 0.257 e. The van der Waals surface area contributed by atoms with Crippen molar-refractivity contribution < 1.29 is 9.53 Å². The van der Waals surface area contributed by atoms with Crippen molar-refractivity contribution in [1.82, 2.24) is 4.98 Å². The van der Waals surface area contributed by atoms with Crippen molar-refractivity contribution in [3.63, 3.8) is 0 Å². The van der Waals surface area contributed by atoms with Gasteiger partial charge >= 0.3 is 0 Å². The summed E-state index contributed by atoms with van der Waals surface area (Å²) in [5, 5.41) is 5.16. The van der Waals surface area contributed by atoms with Gasteiger partial charge in [-0.3, -0.25) is 10.1 Å². The molecule has 0 spiro atoms. The van der Waals surface area contributed by atoms with Gasteiger partial charge in [0.05, 0.1) is 6.61 Å². The van der Waals surface area contributed by atoms with E-state index < -0.39 is 0 Å². The van der Waals surface area contributed by atoms with Gasteiger partial charge < -0.3 is 4.74 Å². The quantitative estimate of drug-likeness (QED) is 0.820. The van der Waals surface area contributed by atoms with E-state index in [0.717, 1.165) is 18.6 Å². The van der Waals surface area contributed by atoms with Crippen molar-refractivity contribution >= 4 is 22.4 Å². The standard InChI is InChI=1S/C14H16N2O2S/c1-2-3-9-18-12-6-4-11(5-7-12)13(17)16-14-15-8-10-19-14/h4-8,10H,2-3,9H2,1H3,(H,15,16,17). The second-order valence-electron chi connectivity index (χ2n) is 4.02. The highest BCUT2D eigenvalue weighted by molar-refractivity contribution is 7.13. The van der Waals surface area contributed by atoms with Crippen LogP contribution in [0.2, 0.25) is 0 Å². The van der Waals surface area contributed by atoms with E-state index >= 15 is 0 Å². The van der Waals surface area contributed by atoms with Gasteiger partial charge in [-0.15, -0.1) is 11.3 Å². The summed E-state index contributed by atoms with van der Waals surface area (Å²) in [5.41, 5.74) is 0.595. The van der Waals surface area contributed by atoms with Crippen LogP contribution in [0.15, 0.2) is 35.8 Å². The van der Waals surface area contributed by atoms with Crippen LogP contribution in [-0.4, -0.2) is 17.5 Å². The third kappa shape index (κ3) is 4.06. The molecule has 0 aliphatic carbocycles. The molecule has 0 saturated carbocycles. The molecule has 1 N–H and O–H groups in total. The first-order valence-electron chi connectivity index (χ1n) is 6.23. The van der Waals surface area contributed by atoms with Crippen LogP contribution in [-0.2, 0) is 0 Å². The molecule has 4 nitrogen and oxygen atoms in total. The second kappa shape index (κ2) is 6.89. The van der Waals surface area contributed by atoms with Gasteiger partial charge in [0.15, 0.2) is 5.13 Å². The highest BCUT2D eigenvalue weighted by Gasteiger charge is 2.07. The SMILES string of the molecule is CCCCOc1ccc(C(=O)Nc2nccs2)cc1. The predicted octanol–water partition coefficient (Wildman–Crippen LogP) is 3.57. The molecule has 0 atom stereocenters. The number of nitrogens with one attached hydrogen (secondary N) is 1. The second-order valence-corrected chi connectivity index (χ2v) is 4.91. The zero-order chi connectivity index (χ0) is 13.5. The van der Waals surface area contributed by atoms with Crippen LogP contribution in [0.25, 0.3) is 0 Å². The molecule has 1 heterocycles. The Hall–Kier alpha value is -1.88. The molecule has 2 rings (SSSR count). The molecular formula is C14H16N2O2S. The molecule has 0 unspecified atom stereocenters. The van der Waals surface area contributed by atoms with Gasteiger partial charge in [-0.25, -0.2) is 4.98 Å². The molecule has 5 heteroatoms. The average Bonchev–Trinajstić information content (AvgIpc) is 2.93. The highest BCUT2D eigenvalue weighted by Crippen LogP contribution is 2.15. The van der Waals surface area contributed by atoms with E-state index in [0.29, 0.717) is 17.3 Å². The summed E-state index contributed by atoms with van der Waals surface area (Å²) in [6.45, 7) is 2.83. The Morgan fingerprint density at radius 3 is 2.79 bits per heavy atom. The fourth-order valence-corrected chi connectivity index (χ4v) is 2.02. The molecule has 1 aromatic heterocycles. The molecule has 0 saturated heterocycles. The van der Waals surface area contributed by atoms with E-state index in [1.54, 1.807) is 18.3 Å². The Balaban J connectivity index is 1.92. The van der Waals surface area contributed by atoms with E-state index in [1.165, 1.54) is 11.3 Å². The van der Waals surface area contributed by atoms with Crippen molar-refractivity contribution in [3.05, 3.63) is 41.4 Å². The maximum absolute atomic E-state index is 11.9. The highest BCUT2D eigenvalue weighted by atomic mass is 32.1. The summed E-state index contributed by atoms with van der Waals surface area (Å²) in [6.07, 6.45) is 3.80. The van der Waals surface area contributed by atoms with Crippen molar-refractivity contribution in [3.8, 4) is 5.75 Å². The van der Waals surface area contributed by atoms with Crippen molar-refractivity contribution in [2.24, 2.45) is 0 Å². The lowest BCUT2D eigenvalue weighted by Crippen LogP contribution is -2.11. The lowest BCUT2D eigenvalue weighted by Gasteiger charge is -2.06. The van der Waals surface area contributed by atoms with Crippen LogP contribution in [0.4, 0.5) is 5.13 Å². The number of carbonyl (C=O) groups excluding carboxylic acids is 1. The van der Waals surface area contributed by atoms with Gasteiger partial charge in [0, 0.05) is 17.1 Å². The molecule has 2 aromatic rings. The minimum Gasteiger partial charge on any atom is -0.494 e. The molecule has 0 bridgehead atoms. The minimum absolute atomic E-state index is 0.157. The van der Waals surface area contributed by atoms with Crippen molar-refractivity contribution in [2.45, 2.75) is 19.8 Å². The largest absolute Gasteiger partial charge is 0.494 e. The minimum atomic E-state index is -0.157. The third-order valence-corrected chi connectivity index (χ3v) is 3.22. The number of hydrogen-bond donors (Lipinski definition) is 1. The fourth-order valence-electron chi connectivity index (χ4n) is 1.49. The van der Waals surface area contributed by atoms with Gasteiger partial charge in [0.2, 0.25) is 0 Å². The van der Waals surface area contributed by atoms with Crippen molar-refractivity contribution in [2.75, 3.05) is 11.9 Å². The van der Waals surface area contributed by atoms with Crippen LogP contribution < -0.4 is 10.1 Å². The van der Waals surface area contributed by atoms with E-state index in [-0.39, 0.29) is 5.91 Å². The number of ether oxygens (including phenoxy) is 1. The first kappa shape index (κ1) is 13.5. The van der Waals surface area contributed by atoms with Gasteiger partial charge in [0.1, 0.15) is 5.75 Å². The Bertz CT molecular complexity index is 509. The number of amides is 1. The molecule has 1 amide bonds. The van der Waals surface area contributed by atoms with Gasteiger partial charge in [-0.2, -0.15) is 0 Å². The number of anilines is 1. The predicted molar refractivity (Wildman–Crippen MR) is 76.9 cm³/mol. The molecular weight excluding hydrogens is 260 g/mol. The Morgan fingerprint density at radius 2 is 2.16 bits per heavy atom. The van der Waals surface area contributed by atoms with E-state index in [2.05, 4.69) is 17.2 Å².